The number of nitrogens with one attached hydrogen (secondary N) is 1. The number of nitrogens with zero attached hydrogens (tertiary/aromatic N) is 4. The Bertz CT molecular complexity index is 971. The van der Waals surface area contributed by atoms with Crippen LogP contribution >= 0.6 is 0 Å². The van der Waals surface area contributed by atoms with Gasteiger partial charge in [0.25, 0.3) is 0 Å². The van der Waals surface area contributed by atoms with Crippen molar-refractivity contribution in [1.29, 1.82) is 0 Å². The summed E-state index contributed by atoms with van der Waals surface area (Å²) < 4.78 is 45.5. The van der Waals surface area contributed by atoms with E-state index in [4.69, 9.17) is 4.52 Å². The Morgan fingerprint density at radius 2 is 1.93 bits per heavy atom. The number of hydrogen-bond acceptors (Lipinski definition) is 6. The number of rotatable bonds is 7. The van der Waals surface area contributed by atoms with E-state index in [0.717, 1.165) is 6.07 Å². The molecule has 0 unspecified atom stereocenters. The van der Waals surface area contributed by atoms with Crippen LogP contribution in [0, 0.1) is 5.82 Å². The molecule has 0 saturated carbocycles. The van der Waals surface area contributed by atoms with E-state index < -0.39 is 15.8 Å². The molecule has 11 heteroatoms. The highest BCUT2D eigenvalue weighted by molar-refractivity contribution is 7.89. The lowest BCUT2D eigenvalue weighted by atomic mass is 10.2. The number of halogens is 1. The predicted molar refractivity (Wildman–Crippen MR) is 107 cm³/mol. The van der Waals surface area contributed by atoms with E-state index in [1.165, 1.54) is 22.5 Å². The van der Waals surface area contributed by atoms with Crippen LogP contribution in [-0.4, -0.2) is 66.5 Å². The summed E-state index contributed by atoms with van der Waals surface area (Å²) in [4.78, 5) is 17.8. The largest absolute Gasteiger partial charge is 0.339 e. The number of urea groups is 1. The molecule has 1 saturated heterocycles. The number of aryl methyl sites for hydroxylation is 1. The summed E-state index contributed by atoms with van der Waals surface area (Å²) in [5.41, 5.74) is 0. The van der Waals surface area contributed by atoms with Gasteiger partial charge in [0.1, 0.15) is 10.7 Å². The van der Waals surface area contributed by atoms with Crippen molar-refractivity contribution >= 4 is 16.1 Å². The molecule has 3 rings (SSSR count). The maximum Gasteiger partial charge on any atom is 0.317 e. The minimum absolute atomic E-state index is 0.115. The van der Waals surface area contributed by atoms with Gasteiger partial charge in [-0.1, -0.05) is 31.1 Å². The third kappa shape index (κ3) is 5.14. The topological polar surface area (TPSA) is 109 Å². The highest BCUT2D eigenvalue weighted by Crippen LogP contribution is 2.20. The van der Waals surface area contributed by atoms with Crippen molar-refractivity contribution in [3.63, 3.8) is 0 Å². The van der Waals surface area contributed by atoms with Crippen molar-refractivity contribution in [3.8, 4) is 0 Å². The predicted octanol–water partition coefficient (Wildman–Crippen LogP) is 1.98. The van der Waals surface area contributed by atoms with Gasteiger partial charge < -0.3 is 14.7 Å². The molecule has 1 aliphatic rings. The summed E-state index contributed by atoms with van der Waals surface area (Å²) in [6, 6.07) is 5.04. The lowest BCUT2D eigenvalue weighted by Crippen LogP contribution is -2.53. The van der Waals surface area contributed by atoms with Crippen LogP contribution < -0.4 is 5.32 Å². The molecule has 0 bridgehead atoms. The number of hydrogen-bond donors (Lipinski definition) is 1. The van der Waals surface area contributed by atoms with Crippen molar-refractivity contribution < 1.29 is 22.1 Å². The number of carbonyl (C=O) groups excluding carboxylic acids is 1. The molecular weight excluding hydrogens is 413 g/mol. The quantitative estimate of drug-likeness (QED) is 0.661. The van der Waals surface area contributed by atoms with Crippen molar-refractivity contribution in [2.24, 2.45) is 0 Å². The lowest BCUT2D eigenvalue weighted by Gasteiger charge is -2.34. The first kappa shape index (κ1) is 22.2. The first-order chi connectivity index (χ1) is 14.3. The second-order valence-electron chi connectivity index (χ2n) is 7.36. The molecule has 2 amide bonds. The van der Waals surface area contributed by atoms with Gasteiger partial charge in [0.15, 0.2) is 5.82 Å². The summed E-state index contributed by atoms with van der Waals surface area (Å²) in [6.07, 6.45) is 1.21. The Labute approximate surface area is 175 Å². The molecule has 0 aliphatic carbocycles. The SMILES string of the molecule is CC(C)c1noc(CCCNC(=O)N2CCN(S(=O)(=O)c3ccccc3F)CC2)n1. The molecule has 1 N–H and O–H groups in total. The van der Waals surface area contributed by atoms with Crippen molar-refractivity contribution in [3.05, 3.63) is 41.8 Å². The average molecular weight is 440 g/mol. The molecule has 1 aromatic heterocycles. The van der Waals surface area contributed by atoms with Crippen LogP contribution in [0.4, 0.5) is 9.18 Å². The summed E-state index contributed by atoms with van der Waals surface area (Å²) in [7, 11) is -3.92. The summed E-state index contributed by atoms with van der Waals surface area (Å²) in [5, 5.41) is 6.71. The van der Waals surface area contributed by atoms with Crippen LogP contribution in [0.25, 0.3) is 0 Å². The lowest BCUT2D eigenvalue weighted by molar-refractivity contribution is 0.172. The van der Waals surface area contributed by atoms with Crippen molar-refractivity contribution in [2.45, 2.75) is 37.5 Å². The average Bonchev–Trinajstić information content (AvgIpc) is 3.21. The second-order valence-corrected chi connectivity index (χ2v) is 9.26. The van der Waals surface area contributed by atoms with E-state index in [1.807, 2.05) is 13.8 Å². The maximum atomic E-state index is 13.9. The van der Waals surface area contributed by atoms with Gasteiger partial charge >= 0.3 is 6.03 Å². The smallest absolute Gasteiger partial charge is 0.317 e. The summed E-state index contributed by atoms with van der Waals surface area (Å²) in [5.74, 6) is 0.625. The fraction of sp³-hybridized carbons (Fsp3) is 0.526. The van der Waals surface area contributed by atoms with Crippen molar-refractivity contribution in [2.75, 3.05) is 32.7 Å². The normalized spacial score (nSPS) is 15.5. The number of sulfonamides is 1. The van der Waals surface area contributed by atoms with Crippen LogP contribution in [0.1, 0.15) is 37.9 Å². The molecule has 1 fully saturated rings. The highest BCUT2D eigenvalue weighted by Gasteiger charge is 2.31. The van der Waals surface area contributed by atoms with E-state index in [0.29, 0.717) is 31.1 Å². The molecule has 1 aliphatic heterocycles. The van der Waals surface area contributed by atoms with Gasteiger partial charge in [-0.3, -0.25) is 0 Å². The van der Waals surface area contributed by atoms with Gasteiger partial charge in [0, 0.05) is 45.1 Å². The van der Waals surface area contributed by atoms with E-state index in [2.05, 4.69) is 15.5 Å². The first-order valence-corrected chi connectivity index (χ1v) is 11.3. The summed E-state index contributed by atoms with van der Waals surface area (Å²) >= 11 is 0. The molecule has 0 spiro atoms. The molecular formula is C19H26FN5O4S. The van der Waals surface area contributed by atoms with Gasteiger partial charge in [-0.25, -0.2) is 17.6 Å². The van der Waals surface area contributed by atoms with E-state index in [-0.39, 0.29) is 43.0 Å². The number of carbonyl (C=O) groups is 1. The molecule has 2 aromatic rings. The Morgan fingerprint density at radius 3 is 2.57 bits per heavy atom. The Morgan fingerprint density at radius 1 is 1.23 bits per heavy atom. The van der Waals surface area contributed by atoms with Crippen molar-refractivity contribution in [1.82, 2.24) is 24.7 Å². The van der Waals surface area contributed by atoms with E-state index >= 15 is 0 Å². The minimum Gasteiger partial charge on any atom is -0.339 e. The van der Waals surface area contributed by atoms with Crippen LogP contribution in [0.2, 0.25) is 0 Å². The van der Waals surface area contributed by atoms with Crippen LogP contribution in [0.5, 0.6) is 0 Å². The fourth-order valence-corrected chi connectivity index (χ4v) is 4.56. The number of aromatic nitrogens is 2. The maximum absolute atomic E-state index is 13.9. The molecule has 30 heavy (non-hydrogen) atoms. The molecule has 0 atom stereocenters. The minimum atomic E-state index is -3.92. The third-order valence-electron chi connectivity index (χ3n) is 4.82. The van der Waals surface area contributed by atoms with Crippen LogP contribution in [-0.2, 0) is 16.4 Å². The van der Waals surface area contributed by atoms with Gasteiger partial charge in [-0.2, -0.15) is 9.29 Å². The standard InChI is InChI=1S/C19H26FN5O4S/c1-14(2)18-22-17(29-23-18)8-5-9-21-19(26)24-10-12-25(13-11-24)30(27,28)16-7-4-3-6-15(16)20/h3-4,6-7,14H,5,8-13H2,1-2H3,(H,21,26). The Hall–Kier alpha value is -2.53. The van der Waals surface area contributed by atoms with E-state index in [1.54, 1.807) is 4.90 Å². The Kier molecular flexibility index (Phi) is 7.03. The third-order valence-corrected chi connectivity index (χ3v) is 6.76. The molecule has 9 nitrogen and oxygen atoms in total. The first-order valence-electron chi connectivity index (χ1n) is 9.89. The van der Waals surface area contributed by atoms with Gasteiger partial charge in [0.2, 0.25) is 15.9 Å². The number of benzene rings is 1. The molecule has 1 aromatic carbocycles. The molecule has 2 heterocycles. The van der Waals surface area contributed by atoms with Gasteiger partial charge in [0.05, 0.1) is 0 Å². The second kappa shape index (κ2) is 9.52. The zero-order valence-corrected chi connectivity index (χ0v) is 17.9. The Balaban J connectivity index is 1.43. The van der Waals surface area contributed by atoms with Crippen LogP contribution in [0.15, 0.2) is 33.7 Å². The number of piperazine rings is 1. The zero-order chi connectivity index (χ0) is 21.7. The fourth-order valence-electron chi connectivity index (χ4n) is 3.08. The highest BCUT2D eigenvalue weighted by atomic mass is 32.2. The van der Waals surface area contributed by atoms with E-state index in [9.17, 15) is 17.6 Å². The monoisotopic (exact) mass is 439 g/mol. The van der Waals surface area contributed by atoms with Gasteiger partial charge in [-0.05, 0) is 18.6 Å². The van der Waals surface area contributed by atoms with Crippen LogP contribution in [0.3, 0.4) is 0 Å². The zero-order valence-electron chi connectivity index (χ0n) is 17.0. The molecule has 0 radical (unpaired) electrons. The number of amides is 2. The summed E-state index contributed by atoms with van der Waals surface area (Å²) in [6.45, 7) is 5.11. The van der Waals surface area contributed by atoms with Gasteiger partial charge in [-0.15, -0.1) is 0 Å². The molecule has 164 valence electrons.